The van der Waals surface area contributed by atoms with Crippen LogP contribution < -0.4 is 0 Å². The molecule has 0 amide bonds. The number of hydrogen-bond acceptors (Lipinski definition) is 0. The third-order valence-corrected chi connectivity index (χ3v) is 30.7. The summed E-state index contributed by atoms with van der Waals surface area (Å²) < 4.78 is 7.79. The Balaban J connectivity index is 1.37. The summed E-state index contributed by atoms with van der Waals surface area (Å²) in [6, 6.07) is 29.6. The summed E-state index contributed by atoms with van der Waals surface area (Å²) in [5.41, 5.74) is 18.2. The first-order chi connectivity index (χ1) is 25.0. The van der Waals surface area contributed by atoms with Crippen LogP contribution in [-0.2, 0) is 41.6 Å². The van der Waals surface area contributed by atoms with Crippen LogP contribution in [0, 0.1) is 0 Å². The van der Waals surface area contributed by atoms with E-state index in [1.165, 1.54) is 73.5 Å². The number of benzene rings is 4. The van der Waals surface area contributed by atoms with Gasteiger partial charge in [-0.05, 0) is 0 Å². The average Bonchev–Trinajstić information content (AvgIpc) is 3.62. The number of fused-ring (bicyclic) bond motifs is 6. The van der Waals surface area contributed by atoms with Crippen LogP contribution in [0.5, 0.6) is 0 Å². The van der Waals surface area contributed by atoms with Crippen molar-refractivity contribution < 1.29 is 20.0 Å². The second kappa shape index (κ2) is 13.8. The fourth-order valence-electron chi connectivity index (χ4n) is 9.70. The van der Waals surface area contributed by atoms with Gasteiger partial charge >= 0.3 is 339 Å². The molecule has 0 spiro atoms. The molecule has 0 aromatic heterocycles. The molecule has 1 saturated heterocycles. The Kier molecular flexibility index (Phi) is 10.2. The molecule has 2 unspecified atom stereocenters. The Morgan fingerprint density at radius 2 is 0.944 bits per heavy atom. The molecule has 1 aliphatic heterocycles. The molecule has 54 heavy (non-hydrogen) atoms. The predicted molar refractivity (Wildman–Crippen MR) is 239 cm³/mol. The van der Waals surface area contributed by atoms with Gasteiger partial charge < -0.3 is 0 Å². The fraction of sp³-hybridized carbons (Fsp3) is 0.462. The maximum absolute atomic E-state index is 2.80. The van der Waals surface area contributed by atoms with Gasteiger partial charge in [0.05, 0.1) is 0 Å². The van der Waals surface area contributed by atoms with Gasteiger partial charge in [-0.15, -0.1) is 0 Å². The molecular weight excluding hydrogens is 831 g/mol. The number of hydrogen-bond donors (Lipinski definition) is 0. The molecule has 0 radical (unpaired) electrons. The van der Waals surface area contributed by atoms with Crippen molar-refractivity contribution in [3.05, 3.63) is 128 Å². The van der Waals surface area contributed by atoms with E-state index in [9.17, 15) is 0 Å². The van der Waals surface area contributed by atoms with E-state index in [-0.39, 0.29) is 21.7 Å². The van der Waals surface area contributed by atoms with Gasteiger partial charge in [-0.3, -0.25) is 0 Å². The molecule has 7 rings (SSSR count). The second-order valence-electron chi connectivity index (χ2n) is 22.1. The Labute approximate surface area is 336 Å². The standard InChI is InChI=1S/C50H62Si.2CH3.Hf/c1-14-15-19-43-42-22-17-21-41(34-25-37(49(8,9)10)29-38(26-34)50(11,12)13)45(42)31-46(43)51-39-27-32-18-16-20-40(44(32)30-39)33-23-35(47(2,3)4)28-36(24-33)48(5,6)7;;;/h16-18,20-31,43H,1,14-15,19,51H2,2-13H3;2*1H3;. The van der Waals surface area contributed by atoms with E-state index in [0.29, 0.717) is 9.59 Å². The van der Waals surface area contributed by atoms with Crippen molar-refractivity contribution in [3.8, 4) is 22.3 Å². The first-order valence-corrected chi connectivity index (χ1v) is 34.2. The van der Waals surface area contributed by atoms with Crippen LogP contribution in [0.15, 0.2) is 83.2 Å². The van der Waals surface area contributed by atoms with Gasteiger partial charge in [-0.25, -0.2) is 0 Å². The van der Waals surface area contributed by atoms with Crippen LogP contribution in [0.2, 0.25) is 13.5 Å². The van der Waals surface area contributed by atoms with E-state index in [1.54, 1.807) is 21.9 Å². The quantitative estimate of drug-likeness (QED) is 0.176. The van der Waals surface area contributed by atoms with Crippen LogP contribution in [-0.4, -0.2) is 9.52 Å². The van der Waals surface area contributed by atoms with Crippen LogP contribution >= 0.6 is 0 Å². The Bertz CT molecular complexity index is 2100. The topological polar surface area (TPSA) is 0 Å². The molecule has 2 aliphatic carbocycles. The molecule has 4 aromatic carbocycles. The average molecular weight is 900 g/mol. The molecule has 2 heteroatoms. The third kappa shape index (κ3) is 7.62. The molecule has 0 bridgehead atoms. The van der Waals surface area contributed by atoms with E-state index < -0.39 is 29.5 Å². The molecule has 0 saturated carbocycles. The zero-order chi connectivity index (χ0) is 39.2. The minimum atomic E-state index is -2.71. The van der Waals surface area contributed by atoms with E-state index in [1.807, 2.05) is 5.20 Å². The van der Waals surface area contributed by atoms with E-state index in [2.05, 4.69) is 177 Å². The Morgan fingerprint density at radius 1 is 0.519 bits per heavy atom. The maximum atomic E-state index is 2.80. The fourth-order valence-corrected chi connectivity index (χ4v) is 30.5. The summed E-state index contributed by atoms with van der Waals surface area (Å²) in [6.45, 7) is 28.4. The van der Waals surface area contributed by atoms with Gasteiger partial charge in [0, 0.05) is 0 Å². The first kappa shape index (κ1) is 39.7. The van der Waals surface area contributed by atoms with E-state index in [4.69, 9.17) is 0 Å². The summed E-state index contributed by atoms with van der Waals surface area (Å²) in [6.07, 6.45) is 9.52. The molecule has 1 fully saturated rings. The molecule has 3 aliphatic rings. The minimum absolute atomic E-state index is 0.0961. The van der Waals surface area contributed by atoms with Gasteiger partial charge in [0.1, 0.15) is 0 Å². The van der Waals surface area contributed by atoms with Gasteiger partial charge in [-0.2, -0.15) is 0 Å². The molecule has 0 nitrogen and oxygen atoms in total. The normalized spacial score (nSPS) is 20.5. The SMILES string of the molecule is CC(C)(C)c1cc(-c2cccc3c2C=C2[SiH2]C4=Cc5c(-c6cc(C(C)(C)C)cc(C(C)(C)C)c6)cccc5[CH]4[Hf]([CH3])([CH3])[CH2]CCCC23)cc(C(C)(C)C)c1. The zero-order valence-corrected chi connectivity index (χ0v) is 41.3. The molecule has 2 atom stereocenters. The van der Waals surface area contributed by atoms with E-state index >= 15 is 0 Å². The zero-order valence-electron chi connectivity index (χ0n) is 36.3. The Hall–Kier alpha value is -2.55. The van der Waals surface area contributed by atoms with Crippen molar-refractivity contribution in [1.82, 2.24) is 0 Å². The third-order valence-electron chi connectivity index (χ3n) is 13.1. The van der Waals surface area contributed by atoms with Gasteiger partial charge in [0.25, 0.3) is 0 Å². The van der Waals surface area contributed by atoms with Crippen molar-refractivity contribution in [1.29, 1.82) is 0 Å². The van der Waals surface area contributed by atoms with Crippen molar-refractivity contribution in [2.75, 3.05) is 0 Å². The summed E-state index contributed by atoms with van der Waals surface area (Å²) in [5.74, 6) is 0.569. The Morgan fingerprint density at radius 3 is 1.41 bits per heavy atom. The van der Waals surface area contributed by atoms with E-state index in [0.717, 1.165) is 0 Å². The summed E-state index contributed by atoms with van der Waals surface area (Å²) in [7, 11) is -0.660. The summed E-state index contributed by atoms with van der Waals surface area (Å²) in [4.78, 5) is 0. The van der Waals surface area contributed by atoms with Crippen LogP contribution in [0.25, 0.3) is 34.4 Å². The van der Waals surface area contributed by atoms with Gasteiger partial charge in [0.2, 0.25) is 0 Å². The van der Waals surface area contributed by atoms with Gasteiger partial charge in [0.15, 0.2) is 0 Å². The van der Waals surface area contributed by atoms with Crippen molar-refractivity contribution >= 4 is 21.7 Å². The summed E-state index contributed by atoms with van der Waals surface area (Å²) in [5, 5.41) is 3.64. The second-order valence-corrected chi connectivity index (χ2v) is 42.2. The molecule has 4 aromatic rings. The molecule has 284 valence electrons. The van der Waals surface area contributed by atoms with Crippen molar-refractivity contribution in [2.24, 2.45) is 0 Å². The monoisotopic (exact) mass is 900 g/mol. The van der Waals surface area contributed by atoms with Crippen LogP contribution in [0.3, 0.4) is 0 Å². The van der Waals surface area contributed by atoms with Crippen LogP contribution in [0.1, 0.15) is 156 Å². The van der Waals surface area contributed by atoms with Crippen molar-refractivity contribution in [3.63, 3.8) is 0 Å². The molecule has 0 N–H and O–H groups in total. The first-order valence-electron chi connectivity index (χ1n) is 21.0. The summed E-state index contributed by atoms with van der Waals surface area (Å²) >= 11 is -2.71. The van der Waals surface area contributed by atoms with Crippen molar-refractivity contribution in [2.45, 2.75) is 147 Å². The molecule has 1 heterocycles. The molecular formula is C52H68HfSi. The number of allylic oxidation sites excluding steroid dienone is 2. The van der Waals surface area contributed by atoms with Gasteiger partial charge in [-0.1, -0.05) is 0 Å². The predicted octanol–water partition coefficient (Wildman–Crippen LogP) is 14.8. The number of rotatable bonds is 2. The van der Waals surface area contributed by atoms with Crippen LogP contribution in [0.4, 0.5) is 0 Å².